The molecule has 1 aromatic carbocycles. The van der Waals surface area contributed by atoms with Crippen LogP contribution in [0, 0.1) is 35.5 Å². The number of aliphatic carboxylic acids is 1. The Labute approximate surface area is 359 Å². The molecule has 1 unspecified atom stereocenters. The Hall–Kier alpha value is -3.72. The van der Waals surface area contributed by atoms with Crippen LogP contribution >= 0.6 is 0 Å². The summed E-state index contributed by atoms with van der Waals surface area (Å²) < 4.78 is 17.4. The summed E-state index contributed by atoms with van der Waals surface area (Å²) >= 11 is 0. The largest absolute Gasteiger partial charge is 0.481 e. The number of nitrogens with two attached hydrogens (primary N) is 1. The van der Waals surface area contributed by atoms with Gasteiger partial charge < -0.3 is 39.8 Å². The fourth-order valence-corrected chi connectivity index (χ4v) is 8.83. The summed E-state index contributed by atoms with van der Waals surface area (Å²) in [5.74, 6) is -4.84. The summed E-state index contributed by atoms with van der Waals surface area (Å²) in [4.78, 5) is 86.6. The maximum Gasteiger partial charge on any atom is 0.307 e. The lowest BCUT2D eigenvalue weighted by Crippen LogP contribution is -2.54. The Kier molecular flexibility index (Phi) is 22.6. The highest BCUT2D eigenvalue weighted by Gasteiger charge is 2.43. The average molecular weight is 845 g/mol. The van der Waals surface area contributed by atoms with Crippen LogP contribution in [0.1, 0.15) is 99.0 Å². The van der Waals surface area contributed by atoms with Gasteiger partial charge in [-0.25, -0.2) is 0 Å². The molecule has 60 heavy (non-hydrogen) atoms. The van der Waals surface area contributed by atoms with Crippen LogP contribution in [0.25, 0.3) is 0 Å². The van der Waals surface area contributed by atoms with Gasteiger partial charge >= 0.3 is 5.97 Å². The van der Waals surface area contributed by atoms with Crippen LogP contribution in [0.5, 0.6) is 0 Å². The van der Waals surface area contributed by atoms with Crippen LogP contribution in [-0.2, 0) is 49.4 Å². The minimum Gasteiger partial charge on any atom is -0.481 e. The Balaban J connectivity index is 2.27. The van der Waals surface area contributed by atoms with Gasteiger partial charge in [0.15, 0.2) is 5.78 Å². The second-order valence-electron chi connectivity index (χ2n) is 17.4. The van der Waals surface area contributed by atoms with E-state index in [2.05, 4.69) is 0 Å². The number of ether oxygens (including phenoxy) is 3. The van der Waals surface area contributed by atoms with Crippen molar-refractivity contribution in [3.05, 3.63) is 35.9 Å². The Morgan fingerprint density at radius 3 is 2.05 bits per heavy atom. The summed E-state index contributed by atoms with van der Waals surface area (Å²) in [5, 5.41) is 9.97. The number of carboxylic acids is 1. The number of carboxylic acid groups (broad SMARTS) is 1. The van der Waals surface area contributed by atoms with Crippen molar-refractivity contribution in [2.75, 3.05) is 54.6 Å². The molecule has 2 rings (SSSR count). The molecule has 1 heterocycles. The van der Waals surface area contributed by atoms with Gasteiger partial charge in [0.1, 0.15) is 5.78 Å². The van der Waals surface area contributed by atoms with E-state index in [0.29, 0.717) is 39.0 Å². The molecule has 0 aromatic heterocycles. The number of benzene rings is 1. The Morgan fingerprint density at radius 1 is 0.867 bits per heavy atom. The molecule has 340 valence electrons. The third-order valence-electron chi connectivity index (χ3n) is 12.5. The third kappa shape index (κ3) is 14.7. The maximum atomic E-state index is 14.5. The zero-order valence-electron chi connectivity index (χ0n) is 38.3. The summed E-state index contributed by atoms with van der Waals surface area (Å²) in [7, 11) is 6.37. The van der Waals surface area contributed by atoms with Crippen molar-refractivity contribution in [2.24, 2.45) is 41.2 Å². The van der Waals surface area contributed by atoms with Gasteiger partial charge in [0.2, 0.25) is 17.7 Å². The number of ketones is 2. The predicted molar refractivity (Wildman–Crippen MR) is 231 cm³/mol. The first kappa shape index (κ1) is 52.4. The maximum absolute atomic E-state index is 14.5. The monoisotopic (exact) mass is 845 g/mol. The van der Waals surface area contributed by atoms with Crippen molar-refractivity contribution >= 4 is 35.3 Å². The number of carbonyl (C=O) groups is 6. The minimum atomic E-state index is -1.04. The first-order valence-electron chi connectivity index (χ1n) is 21.8. The van der Waals surface area contributed by atoms with Gasteiger partial charge in [-0.1, -0.05) is 85.2 Å². The molecule has 14 nitrogen and oxygen atoms in total. The number of Topliss-reactive ketones (excluding diaryl/α,β-unsaturated/α-hetero) is 2. The lowest BCUT2D eigenvalue weighted by Gasteiger charge is -2.41. The zero-order chi connectivity index (χ0) is 45.3. The molecule has 0 aliphatic carbocycles. The van der Waals surface area contributed by atoms with E-state index >= 15 is 0 Å². The van der Waals surface area contributed by atoms with Gasteiger partial charge in [0, 0.05) is 66.1 Å². The fraction of sp³-hybridized carbons (Fsp3) is 0.739. The van der Waals surface area contributed by atoms with E-state index in [1.54, 1.807) is 30.8 Å². The minimum absolute atomic E-state index is 0.0286. The lowest BCUT2D eigenvalue weighted by molar-refractivity contribution is -0.150. The van der Waals surface area contributed by atoms with E-state index in [-0.39, 0.29) is 85.8 Å². The molecular formula is C46H76N4O10. The summed E-state index contributed by atoms with van der Waals surface area (Å²) in [6.45, 7) is 14.7. The molecule has 0 radical (unpaired) electrons. The molecule has 3 amide bonds. The number of rotatable bonds is 28. The van der Waals surface area contributed by atoms with Crippen molar-refractivity contribution in [2.45, 2.75) is 130 Å². The molecule has 0 spiro atoms. The van der Waals surface area contributed by atoms with Crippen molar-refractivity contribution < 1.29 is 48.1 Å². The Bertz CT molecular complexity index is 1520. The second-order valence-corrected chi connectivity index (χ2v) is 17.4. The highest BCUT2D eigenvalue weighted by atomic mass is 16.5. The van der Waals surface area contributed by atoms with Crippen molar-refractivity contribution in [3.63, 3.8) is 0 Å². The normalized spacial score (nSPS) is 18.3. The number of hydrogen-bond donors (Lipinski definition) is 2. The number of carbonyl (C=O) groups excluding carboxylic acids is 5. The molecular weight excluding hydrogens is 769 g/mol. The first-order valence-corrected chi connectivity index (χ1v) is 21.8. The number of likely N-dealkylation sites (N-methyl/N-ethyl adjacent to an activating group) is 2. The van der Waals surface area contributed by atoms with Crippen LogP contribution in [0.4, 0.5) is 0 Å². The molecule has 0 saturated carbocycles. The molecule has 1 aliphatic rings. The number of nitrogens with zero attached hydrogens (tertiary/aromatic N) is 3. The number of hydrogen-bond acceptors (Lipinski definition) is 10. The zero-order valence-corrected chi connectivity index (χ0v) is 38.3. The van der Waals surface area contributed by atoms with E-state index < -0.39 is 54.1 Å². The highest BCUT2D eigenvalue weighted by molar-refractivity contribution is 5.93. The smallest absolute Gasteiger partial charge is 0.307 e. The SMILES string of the molecule is CC[C@H](C)C([C@@H](CC(=O)N1CCC[C@H]1[C@H](OC)[C@@H](C)C(=O)C[C@@H](Cc1ccccc1)C(=O)O)OC)N(C)C(=O)[C@@H](CC(=O)[C@H](C(C)C)N(C)C(=O)CCOCCN)C(C)C. The first-order chi connectivity index (χ1) is 28.4. The fourth-order valence-electron chi connectivity index (χ4n) is 8.83. The number of methoxy groups -OCH3 is 2. The van der Waals surface area contributed by atoms with Gasteiger partial charge in [-0.3, -0.25) is 28.8 Å². The number of amides is 3. The van der Waals surface area contributed by atoms with Gasteiger partial charge in [-0.05, 0) is 42.6 Å². The molecule has 1 saturated heterocycles. The van der Waals surface area contributed by atoms with Crippen LogP contribution in [0.15, 0.2) is 30.3 Å². The van der Waals surface area contributed by atoms with E-state index in [9.17, 15) is 33.9 Å². The molecule has 0 bridgehead atoms. The van der Waals surface area contributed by atoms with Crippen molar-refractivity contribution in [1.29, 1.82) is 0 Å². The molecule has 1 aliphatic heterocycles. The standard InChI is InChI=1S/C46H76N4O10/c1-12-31(6)43(49(9)45(55)35(29(2)3)27-38(52)42(30(4)5)48(8)40(53)20-23-60-24-21-47)39(58-10)28-41(54)50-22-16-19-36(50)44(59-11)32(7)37(51)26-34(46(56)57)25-33-17-14-13-15-18-33/h13-15,17-18,29-32,34-36,39,42-44H,12,16,19-28,47H2,1-11H3,(H,56,57)/t31-,32-,34+,35-,36-,39+,42-,43?,44+/m0/s1. The van der Waals surface area contributed by atoms with Gasteiger partial charge in [0.25, 0.3) is 0 Å². The van der Waals surface area contributed by atoms with E-state index in [0.717, 1.165) is 5.56 Å². The second kappa shape index (κ2) is 25.9. The molecule has 3 N–H and O–H groups in total. The van der Waals surface area contributed by atoms with Gasteiger partial charge in [-0.15, -0.1) is 0 Å². The van der Waals surface area contributed by atoms with Gasteiger partial charge in [0.05, 0.1) is 62.3 Å². The topological polar surface area (TPSA) is 186 Å². The van der Waals surface area contributed by atoms with Gasteiger partial charge in [-0.2, -0.15) is 0 Å². The summed E-state index contributed by atoms with van der Waals surface area (Å²) in [5.41, 5.74) is 6.32. The van der Waals surface area contributed by atoms with Crippen LogP contribution in [0.3, 0.4) is 0 Å². The lowest BCUT2D eigenvalue weighted by atomic mass is 9.83. The highest BCUT2D eigenvalue weighted by Crippen LogP contribution is 2.32. The van der Waals surface area contributed by atoms with Crippen LogP contribution < -0.4 is 5.73 Å². The van der Waals surface area contributed by atoms with Crippen LogP contribution in [-0.4, -0.2) is 140 Å². The summed E-state index contributed by atoms with van der Waals surface area (Å²) in [6.07, 6.45) is 0.774. The van der Waals surface area contributed by atoms with E-state index in [1.165, 1.54) is 19.1 Å². The van der Waals surface area contributed by atoms with Crippen LogP contribution in [0.2, 0.25) is 0 Å². The summed E-state index contributed by atoms with van der Waals surface area (Å²) in [6, 6.07) is 7.58. The number of likely N-dealkylation sites (tertiary alicyclic amines) is 1. The van der Waals surface area contributed by atoms with E-state index in [1.807, 2.05) is 71.9 Å². The quantitative estimate of drug-likeness (QED) is 0.110. The average Bonchev–Trinajstić information content (AvgIpc) is 3.70. The third-order valence-corrected chi connectivity index (χ3v) is 12.5. The Morgan fingerprint density at radius 2 is 1.52 bits per heavy atom. The molecule has 1 aromatic rings. The van der Waals surface area contributed by atoms with Crippen molar-refractivity contribution in [3.8, 4) is 0 Å². The van der Waals surface area contributed by atoms with Crippen molar-refractivity contribution in [1.82, 2.24) is 14.7 Å². The molecule has 1 fully saturated rings. The molecule has 9 atom stereocenters. The molecule has 14 heteroatoms. The predicted octanol–water partition coefficient (Wildman–Crippen LogP) is 4.89. The van der Waals surface area contributed by atoms with E-state index in [4.69, 9.17) is 19.9 Å².